The normalized spacial score (nSPS) is 18.6. The van der Waals surface area contributed by atoms with Gasteiger partial charge in [-0.05, 0) is 65.6 Å². The molecule has 6 heteroatoms. The molecule has 136 valence electrons. The van der Waals surface area contributed by atoms with Gasteiger partial charge in [-0.15, -0.1) is 0 Å². The number of hydrogen-bond donors (Lipinski definition) is 0. The molecule has 26 heavy (non-hydrogen) atoms. The minimum absolute atomic E-state index is 0.580. The molecule has 2 aromatic heterocycles. The number of rotatable bonds is 6. The Balaban J connectivity index is 1.44. The molecule has 0 N–H and O–H groups in total. The molecule has 0 radical (unpaired) electrons. The van der Waals surface area contributed by atoms with Crippen molar-refractivity contribution in [1.29, 1.82) is 0 Å². The maximum Gasteiger partial charge on any atom is 0.139 e. The first-order valence-electron chi connectivity index (χ1n) is 9.39. The third kappa shape index (κ3) is 3.76. The molecule has 0 spiro atoms. The van der Waals surface area contributed by atoms with Gasteiger partial charge in [0, 0.05) is 38.1 Å². The van der Waals surface area contributed by atoms with Gasteiger partial charge in [0.15, 0.2) is 0 Å². The number of benzene rings is 1. The standard InChI is InChI=1S/C20H25N5O/c1-2-25(13-16-8-10-21-11-9-16)18-6-4-12-24(15-18)14-17-5-3-7-19-20(17)23-26-22-19/h3,5,7-11,18H,2,4,6,12-15H2,1H3. The zero-order valence-corrected chi connectivity index (χ0v) is 15.2. The van der Waals surface area contributed by atoms with E-state index in [1.165, 1.54) is 24.0 Å². The van der Waals surface area contributed by atoms with Gasteiger partial charge < -0.3 is 0 Å². The molecule has 4 rings (SSSR count). The first kappa shape index (κ1) is 17.1. The average molecular weight is 351 g/mol. The van der Waals surface area contributed by atoms with Gasteiger partial charge in [0.25, 0.3) is 0 Å². The van der Waals surface area contributed by atoms with Crippen LogP contribution in [-0.4, -0.2) is 50.8 Å². The monoisotopic (exact) mass is 351 g/mol. The van der Waals surface area contributed by atoms with Crippen molar-refractivity contribution in [2.45, 2.75) is 38.9 Å². The fourth-order valence-electron chi connectivity index (χ4n) is 3.93. The molecule has 1 aliphatic heterocycles. The minimum Gasteiger partial charge on any atom is -0.297 e. The van der Waals surface area contributed by atoms with Crippen LogP contribution in [0.2, 0.25) is 0 Å². The highest BCUT2D eigenvalue weighted by atomic mass is 16.6. The number of pyridine rings is 1. The molecule has 1 fully saturated rings. The highest BCUT2D eigenvalue weighted by Gasteiger charge is 2.25. The third-order valence-electron chi connectivity index (χ3n) is 5.30. The van der Waals surface area contributed by atoms with Gasteiger partial charge in [-0.1, -0.05) is 19.1 Å². The molecular formula is C20H25N5O. The molecule has 6 nitrogen and oxygen atoms in total. The predicted octanol–water partition coefficient (Wildman–Crippen LogP) is 3.10. The van der Waals surface area contributed by atoms with E-state index in [0.29, 0.717) is 6.04 Å². The van der Waals surface area contributed by atoms with Crippen molar-refractivity contribution >= 4 is 11.0 Å². The highest BCUT2D eigenvalue weighted by Crippen LogP contribution is 2.22. The maximum atomic E-state index is 4.91. The maximum absolute atomic E-state index is 4.91. The van der Waals surface area contributed by atoms with Crippen LogP contribution in [-0.2, 0) is 13.1 Å². The molecule has 3 aromatic rings. The second-order valence-corrected chi connectivity index (χ2v) is 7.00. The molecule has 1 saturated heterocycles. The SMILES string of the molecule is CCN(Cc1ccncc1)C1CCCN(Cc2cccc3nonc23)C1. The Labute approximate surface area is 153 Å². The van der Waals surface area contributed by atoms with Crippen LogP contribution in [0.5, 0.6) is 0 Å². The van der Waals surface area contributed by atoms with Crippen LogP contribution in [0.1, 0.15) is 30.9 Å². The van der Waals surface area contributed by atoms with Crippen LogP contribution < -0.4 is 0 Å². The van der Waals surface area contributed by atoms with Gasteiger partial charge >= 0.3 is 0 Å². The summed E-state index contributed by atoms with van der Waals surface area (Å²) in [7, 11) is 0. The molecule has 1 atom stereocenters. The Bertz CT molecular complexity index is 834. The smallest absolute Gasteiger partial charge is 0.139 e. The summed E-state index contributed by atoms with van der Waals surface area (Å²) >= 11 is 0. The Morgan fingerprint density at radius 2 is 2.08 bits per heavy atom. The highest BCUT2D eigenvalue weighted by molar-refractivity contribution is 5.76. The number of piperidine rings is 1. The van der Waals surface area contributed by atoms with Crippen LogP contribution in [0.25, 0.3) is 11.0 Å². The number of likely N-dealkylation sites (N-methyl/N-ethyl adjacent to an activating group) is 1. The lowest BCUT2D eigenvalue weighted by Gasteiger charge is -2.39. The van der Waals surface area contributed by atoms with Crippen molar-refractivity contribution in [3.63, 3.8) is 0 Å². The van der Waals surface area contributed by atoms with Gasteiger partial charge in [0.1, 0.15) is 11.0 Å². The largest absolute Gasteiger partial charge is 0.297 e. The quantitative estimate of drug-likeness (QED) is 0.680. The van der Waals surface area contributed by atoms with Gasteiger partial charge in [-0.3, -0.25) is 14.8 Å². The molecule has 1 aliphatic rings. The minimum atomic E-state index is 0.580. The van der Waals surface area contributed by atoms with Gasteiger partial charge in [-0.25, -0.2) is 4.63 Å². The van der Waals surface area contributed by atoms with Crippen molar-refractivity contribution < 1.29 is 4.63 Å². The van der Waals surface area contributed by atoms with E-state index in [9.17, 15) is 0 Å². The van der Waals surface area contributed by atoms with E-state index in [-0.39, 0.29) is 0 Å². The molecule has 0 saturated carbocycles. The molecular weight excluding hydrogens is 326 g/mol. The second-order valence-electron chi connectivity index (χ2n) is 7.00. The van der Waals surface area contributed by atoms with Gasteiger partial charge in [0.05, 0.1) is 0 Å². The van der Waals surface area contributed by atoms with Crippen molar-refractivity contribution in [2.24, 2.45) is 0 Å². The van der Waals surface area contributed by atoms with E-state index in [1.54, 1.807) is 0 Å². The van der Waals surface area contributed by atoms with E-state index in [2.05, 4.69) is 50.2 Å². The van der Waals surface area contributed by atoms with Crippen LogP contribution in [0.15, 0.2) is 47.4 Å². The van der Waals surface area contributed by atoms with Gasteiger partial charge in [0.2, 0.25) is 0 Å². The van der Waals surface area contributed by atoms with E-state index in [0.717, 1.165) is 43.8 Å². The van der Waals surface area contributed by atoms with Gasteiger partial charge in [-0.2, -0.15) is 0 Å². The zero-order valence-electron chi connectivity index (χ0n) is 15.2. The Kier molecular flexibility index (Phi) is 5.22. The van der Waals surface area contributed by atoms with Crippen LogP contribution in [0.3, 0.4) is 0 Å². The lowest BCUT2D eigenvalue weighted by molar-refractivity contribution is 0.0919. The van der Waals surface area contributed by atoms with Crippen molar-refractivity contribution in [3.8, 4) is 0 Å². The first-order valence-corrected chi connectivity index (χ1v) is 9.39. The Morgan fingerprint density at radius 3 is 2.92 bits per heavy atom. The van der Waals surface area contributed by atoms with E-state index < -0.39 is 0 Å². The third-order valence-corrected chi connectivity index (χ3v) is 5.30. The van der Waals surface area contributed by atoms with Crippen LogP contribution in [0, 0.1) is 0 Å². The van der Waals surface area contributed by atoms with Crippen molar-refractivity contribution in [2.75, 3.05) is 19.6 Å². The number of fused-ring (bicyclic) bond motifs is 1. The summed E-state index contributed by atoms with van der Waals surface area (Å²) in [6, 6.07) is 10.9. The molecule has 0 aliphatic carbocycles. The number of likely N-dealkylation sites (tertiary alicyclic amines) is 1. The average Bonchev–Trinajstić information content (AvgIpc) is 3.17. The molecule has 1 unspecified atom stereocenters. The summed E-state index contributed by atoms with van der Waals surface area (Å²) in [6.07, 6.45) is 6.24. The Morgan fingerprint density at radius 1 is 1.19 bits per heavy atom. The summed E-state index contributed by atoms with van der Waals surface area (Å²) in [5, 5.41) is 8.04. The molecule has 0 amide bonds. The molecule has 3 heterocycles. The fraction of sp³-hybridized carbons (Fsp3) is 0.450. The molecule has 0 bridgehead atoms. The lowest BCUT2D eigenvalue weighted by atomic mass is 10.0. The van der Waals surface area contributed by atoms with Crippen LogP contribution in [0.4, 0.5) is 0 Å². The fourth-order valence-corrected chi connectivity index (χ4v) is 3.93. The lowest BCUT2D eigenvalue weighted by Crippen LogP contribution is -2.47. The van der Waals surface area contributed by atoms with E-state index in [4.69, 9.17) is 4.63 Å². The zero-order chi connectivity index (χ0) is 17.8. The first-order chi connectivity index (χ1) is 12.8. The summed E-state index contributed by atoms with van der Waals surface area (Å²) in [6.45, 7) is 7.41. The van der Waals surface area contributed by atoms with Crippen LogP contribution >= 0.6 is 0 Å². The number of aromatic nitrogens is 3. The predicted molar refractivity (Wildman–Crippen MR) is 100 cm³/mol. The number of hydrogen-bond acceptors (Lipinski definition) is 6. The summed E-state index contributed by atoms with van der Waals surface area (Å²) in [5.74, 6) is 0. The second kappa shape index (κ2) is 7.93. The van der Waals surface area contributed by atoms with E-state index in [1.807, 2.05) is 24.5 Å². The summed E-state index contributed by atoms with van der Waals surface area (Å²) < 4.78 is 4.91. The molecule has 1 aromatic carbocycles. The van der Waals surface area contributed by atoms with E-state index >= 15 is 0 Å². The summed E-state index contributed by atoms with van der Waals surface area (Å²) in [4.78, 5) is 9.24. The Hall–Kier alpha value is -2.31. The van der Waals surface area contributed by atoms with Crippen molar-refractivity contribution in [3.05, 3.63) is 53.9 Å². The number of nitrogens with zero attached hydrogens (tertiary/aromatic N) is 5. The summed E-state index contributed by atoms with van der Waals surface area (Å²) in [5.41, 5.74) is 4.25. The topological polar surface area (TPSA) is 58.3 Å². The van der Waals surface area contributed by atoms with Crippen molar-refractivity contribution in [1.82, 2.24) is 25.1 Å².